The van der Waals surface area contributed by atoms with Crippen LogP contribution in [-0.4, -0.2) is 30.2 Å². The number of hydrogen-bond donors (Lipinski definition) is 1. The van der Waals surface area contributed by atoms with Gasteiger partial charge in [-0.2, -0.15) is 5.10 Å². The molecule has 7 heteroatoms. The van der Waals surface area contributed by atoms with Crippen LogP contribution in [0.4, 0.5) is 5.69 Å². The Morgan fingerprint density at radius 1 is 1.06 bits per heavy atom. The van der Waals surface area contributed by atoms with Crippen LogP contribution in [0.5, 0.6) is 0 Å². The second-order valence-corrected chi connectivity index (χ2v) is 7.87. The Bertz CT molecular complexity index is 1420. The van der Waals surface area contributed by atoms with E-state index in [-0.39, 0.29) is 5.91 Å². The van der Waals surface area contributed by atoms with Crippen molar-refractivity contribution in [1.29, 1.82) is 0 Å². The predicted octanol–water partition coefficient (Wildman–Crippen LogP) is 4.92. The molecule has 1 N–H and O–H groups in total. The molecule has 0 saturated heterocycles. The van der Waals surface area contributed by atoms with Gasteiger partial charge in [0.2, 0.25) is 0 Å². The number of anilines is 1. The van der Waals surface area contributed by atoms with E-state index in [0.717, 1.165) is 40.3 Å². The number of carbonyl (C=O) groups excluding carboxylic acids is 1. The zero-order valence-electron chi connectivity index (χ0n) is 18.6. The number of hydrogen-bond acceptors (Lipinski definition) is 4. The lowest BCUT2D eigenvalue weighted by atomic mass is 10.1. The van der Waals surface area contributed by atoms with E-state index in [4.69, 9.17) is 4.98 Å². The average Bonchev–Trinajstić information content (AvgIpc) is 3.45. The molecule has 0 aliphatic rings. The third-order valence-electron chi connectivity index (χ3n) is 5.71. The molecule has 0 atom stereocenters. The molecule has 0 aliphatic carbocycles. The van der Waals surface area contributed by atoms with Gasteiger partial charge < -0.3 is 9.88 Å². The molecular weight excluding hydrogens is 412 g/mol. The molecule has 0 bridgehead atoms. The lowest BCUT2D eigenvalue weighted by molar-refractivity contribution is 0.102. The summed E-state index contributed by atoms with van der Waals surface area (Å²) >= 11 is 0. The fourth-order valence-electron chi connectivity index (χ4n) is 3.88. The first-order valence-corrected chi connectivity index (χ1v) is 10.9. The van der Waals surface area contributed by atoms with Crippen LogP contribution in [0.15, 0.2) is 79.3 Å². The van der Waals surface area contributed by atoms with E-state index in [2.05, 4.69) is 20.0 Å². The Labute approximate surface area is 191 Å². The van der Waals surface area contributed by atoms with Gasteiger partial charge in [-0.1, -0.05) is 42.5 Å². The van der Waals surface area contributed by atoms with Gasteiger partial charge in [-0.25, -0.2) is 14.6 Å². The smallest absolute Gasteiger partial charge is 0.256 e. The Kier molecular flexibility index (Phi) is 5.44. The molecule has 0 unspecified atom stereocenters. The molecule has 5 aromatic rings. The summed E-state index contributed by atoms with van der Waals surface area (Å²) in [5, 5.41) is 8.19. The van der Waals surface area contributed by atoms with Crippen LogP contribution in [0.2, 0.25) is 0 Å². The largest absolute Gasteiger partial charge is 0.331 e. The van der Waals surface area contributed by atoms with Crippen molar-refractivity contribution in [3.63, 3.8) is 0 Å². The summed E-state index contributed by atoms with van der Waals surface area (Å²) in [5.41, 5.74) is 4.83. The molecule has 164 valence electrons. The standard InChI is InChI=1S/C26H24N6O/c1-3-32-25-23(16-28-32)22(15-24(30-25)20-7-5-4-6-8-20)26(33)29-21-11-9-19(10-12-21)17-31-14-13-27-18(31)2/h4-16H,3,17H2,1-2H3,(H,29,33). The van der Waals surface area contributed by atoms with E-state index in [1.54, 1.807) is 12.4 Å². The van der Waals surface area contributed by atoms with Crippen molar-refractivity contribution in [1.82, 2.24) is 24.3 Å². The fourth-order valence-corrected chi connectivity index (χ4v) is 3.88. The highest BCUT2D eigenvalue weighted by molar-refractivity contribution is 6.12. The molecule has 0 spiro atoms. The maximum absolute atomic E-state index is 13.3. The summed E-state index contributed by atoms with van der Waals surface area (Å²) in [6, 6.07) is 19.6. The van der Waals surface area contributed by atoms with Gasteiger partial charge in [0.15, 0.2) is 5.65 Å². The molecule has 3 heterocycles. The zero-order valence-corrected chi connectivity index (χ0v) is 18.6. The number of aryl methyl sites for hydroxylation is 2. The monoisotopic (exact) mass is 436 g/mol. The Morgan fingerprint density at radius 3 is 2.55 bits per heavy atom. The predicted molar refractivity (Wildman–Crippen MR) is 129 cm³/mol. The van der Waals surface area contributed by atoms with Crippen molar-refractivity contribution in [2.75, 3.05) is 5.32 Å². The first-order valence-electron chi connectivity index (χ1n) is 10.9. The molecule has 0 radical (unpaired) electrons. The van der Waals surface area contributed by atoms with Gasteiger partial charge in [0.25, 0.3) is 5.91 Å². The Morgan fingerprint density at radius 2 is 1.85 bits per heavy atom. The maximum atomic E-state index is 13.3. The van der Waals surface area contributed by atoms with Crippen LogP contribution in [-0.2, 0) is 13.1 Å². The van der Waals surface area contributed by atoms with Crippen molar-refractivity contribution in [3.05, 3.63) is 96.2 Å². The highest BCUT2D eigenvalue weighted by atomic mass is 16.1. The van der Waals surface area contributed by atoms with Gasteiger partial charge in [-0.3, -0.25) is 4.79 Å². The SMILES string of the molecule is CCn1ncc2c(C(=O)Nc3ccc(Cn4ccnc4C)cc3)cc(-c3ccccc3)nc21. The van der Waals surface area contributed by atoms with Gasteiger partial charge in [0.1, 0.15) is 5.82 Å². The molecule has 3 aromatic heterocycles. The van der Waals surface area contributed by atoms with Gasteiger partial charge in [0, 0.05) is 36.7 Å². The third-order valence-corrected chi connectivity index (χ3v) is 5.71. The highest BCUT2D eigenvalue weighted by Crippen LogP contribution is 2.26. The summed E-state index contributed by atoms with van der Waals surface area (Å²) in [7, 11) is 0. The van der Waals surface area contributed by atoms with Crippen molar-refractivity contribution < 1.29 is 4.79 Å². The van der Waals surface area contributed by atoms with Crippen molar-refractivity contribution in [2.24, 2.45) is 0 Å². The van der Waals surface area contributed by atoms with Gasteiger partial charge in [0.05, 0.1) is 22.8 Å². The molecule has 2 aromatic carbocycles. The first-order chi connectivity index (χ1) is 16.1. The van der Waals surface area contributed by atoms with Crippen LogP contribution in [0, 0.1) is 6.92 Å². The second kappa shape index (κ2) is 8.70. The van der Waals surface area contributed by atoms with Crippen LogP contribution < -0.4 is 5.32 Å². The normalized spacial score (nSPS) is 11.1. The summed E-state index contributed by atoms with van der Waals surface area (Å²) in [6.07, 6.45) is 5.47. The van der Waals surface area contributed by atoms with Gasteiger partial charge in [-0.15, -0.1) is 0 Å². The quantitative estimate of drug-likeness (QED) is 0.410. The number of benzene rings is 2. The number of fused-ring (bicyclic) bond motifs is 1. The lowest BCUT2D eigenvalue weighted by Gasteiger charge is -2.10. The number of pyridine rings is 1. The summed E-state index contributed by atoms with van der Waals surface area (Å²) in [4.78, 5) is 22.4. The van der Waals surface area contributed by atoms with E-state index in [1.807, 2.05) is 85.4 Å². The minimum atomic E-state index is -0.187. The van der Waals surface area contributed by atoms with E-state index in [9.17, 15) is 4.79 Å². The second-order valence-electron chi connectivity index (χ2n) is 7.87. The highest BCUT2D eigenvalue weighted by Gasteiger charge is 2.17. The minimum absolute atomic E-state index is 0.187. The summed E-state index contributed by atoms with van der Waals surface area (Å²) in [6.45, 7) is 5.40. The van der Waals surface area contributed by atoms with Crippen molar-refractivity contribution >= 4 is 22.6 Å². The molecular formula is C26H24N6O. The molecule has 0 fully saturated rings. The van der Waals surface area contributed by atoms with E-state index in [0.29, 0.717) is 17.8 Å². The molecule has 33 heavy (non-hydrogen) atoms. The van der Waals surface area contributed by atoms with Gasteiger partial charge >= 0.3 is 0 Å². The first kappa shape index (κ1) is 20.6. The zero-order chi connectivity index (χ0) is 22.8. The lowest BCUT2D eigenvalue weighted by Crippen LogP contribution is -2.13. The number of amides is 1. The fraction of sp³-hybridized carbons (Fsp3) is 0.154. The molecule has 5 rings (SSSR count). The van der Waals surface area contributed by atoms with E-state index in [1.165, 1.54) is 0 Å². The molecule has 0 saturated carbocycles. The van der Waals surface area contributed by atoms with Crippen LogP contribution >= 0.6 is 0 Å². The number of nitrogens with one attached hydrogen (secondary N) is 1. The third kappa shape index (κ3) is 4.13. The van der Waals surface area contributed by atoms with Crippen LogP contribution in [0.25, 0.3) is 22.3 Å². The maximum Gasteiger partial charge on any atom is 0.256 e. The number of nitrogens with zero attached hydrogens (tertiary/aromatic N) is 5. The van der Waals surface area contributed by atoms with E-state index < -0.39 is 0 Å². The van der Waals surface area contributed by atoms with Crippen LogP contribution in [0.3, 0.4) is 0 Å². The number of carbonyl (C=O) groups is 1. The van der Waals surface area contributed by atoms with E-state index >= 15 is 0 Å². The number of rotatable bonds is 6. The number of imidazole rings is 1. The summed E-state index contributed by atoms with van der Waals surface area (Å²) < 4.78 is 3.89. The van der Waals surface area contributed by atoms with Crippen molar-refractivity contribution in [3.8, 4) is 11.3 Å². The number of aromatic nitrogens is 5. The molecule has 7 nitrogen and oxygen atoms in total. The van der Waals surface area contributed by atoms with Gasteiger partial charge in [-0.05, 0) is 37.6 Å². The average molecular weight is 437 g/mol. The Balaban J connectivity index is 1.44. The van der Waals surface area contributed by atoms with Crippen molar-refractivity contribution in [2.45, 2.75) is 26.9 Å². The summed E-state index contributed by atoms with van der Waals surface area (Å²) in [5.74, 6) is 0.782. The Hall–Kier alpha value is -4.26. The van der Waals surface area contributed by atoms with Crippen LogP contribution in [0.1, 0.15) is 28.7 Å². The minimum Gasteiger partial charge on any atom is -0.331 e. The molecule has 0 aliphatic heterocycles. The molecule has 1 amide bonds. The topological polar surface area (TPSA) is 77.6 Å².